The number of benzene rings is 2. The zero-order valence-corrected chi connectivity index (χ0v) is 12.0. The van der Waals surface area contributed by atoms with Crippen molar-refractivity contribution in [3.05, 3.63) is 59.2 Å². The summed E-state index contributed by atoms with van der Waals surface area (Å²) < 4.78 is 11.1. The van der Waals surface area contributed by atoms with E-state index in [2.05, 4.69) is 6.07 Å². The summed E-state index contributed by atoms with van der Waals surface area (Å²) in [5.41, 5.74) is 8.17. The average molecular weight is 282 g/mol. The molecule has 21 heavy (non-hydrogen) atoms. The minimum Gasteiger partial charge on any atom is -0.495 e. The number of hydrogen-bond acceptors (Lipinski definition) is 4. The van der Waals surface area contributed by atoms with Gasteiger partial charge in [-0.3, -0.25) is 0 Å². The van der Waals surface area contributed by atoms with E-state index in [-0.39, 0.29) is 0 Å². The van der Waals surface area contributed by atoms with Gasteiger partial charge < -0.3 is 15.2 Å². The molecule has 2 rings (SSSR count). The van der Waals surface area contributed by atoms with E-state index in [4.69, 9.17) is 20.5 Å². The molecule has 0 fully saturated rings. The fraction of sp³-hybridized carbons (Fsp3) is 0.235. The molecule has 0 spiro atoms. The van der Waals surface area contributed by atoms with E-state index in [1.165, 1.54) is 0 Å². The SMILES string of the molecule is COc1cc(COc2ccccc2CCN)ccc1C#N. The van der Waals surface area contributed by atoms with Crippen molar-refractivity contribution >= 4 is 0 Å². The van der Waals surface area contributed by atoms with Crippen LogP contribution in [-0.2, 0) is 13.0 Å². The summed E-state index contributed by atoms with van der Waals surface area (Å²) in [5.74, 6) is 1.40. The van der Waals surface area contributed by atoms with Gasteiger partial charge in [0, 0.05) is 0 Å². The molecule has 2 aromatic rings. The van der Waals surface area contributed by atoms with Crippen LogP contribution < -0.4 is 15.2 Å². The van der Waals surface area contributed by atoms with E-state index in [0.717, 1.165) is 23.3 Å². The summed E-state index contributed by atoms with van der Waals surface area (Å²) in [5, 5.41) is 8.97. The van der Waals surface area contributed by atoms with Crippen LogP contribution in [0.4, 0.5) is 0 Å². The number of hydrogen-bond donors (Lipinski definition) is 1. The second kappa shape index (κ2) is 7.32. The van der Waals surface area contributed by atoms with Gasteiger partial charge in [0.25, 0.3) is 0 Å². The Labute approximate surface area is 124 Å². The molecule has 0 saturated carbocycles. The van der Waals surface area contributed by atoms with Crippen LogP contribution in [0.1, 0.15) is 16.7 Å². The third-order valence-electron chi connectivity index (χ3n) is 3.17. The van der Waals surface area contributed by atoms with Crippen LogP contribution in [0.5, 0.6) is 11.5 Å². The van der Waals surface area contributed by atoms with Gasteiger partial charge in [0.2, 0.25) is 0 Å². The number of methoxy groups -OCH3 is 1. The summed E-state index contributed by atoms with van der Waals surface area (Å²) in [4.78, 5) is 0. The molecule has 0 radical (unpaired) electrons. The highest BCUT2D eigenvalue weighted by atomic mass is 16.5. The number of nitrogens with two attached hydrogens (primary N) is 1. The molecule has 0 amide bonds. The second-order valence-electron chi connectivity index (χ2n) is 4.58. The molecular weight excluding hydrogens is 264 g/mol. The van der Waals surface area contributed by atoms with E-state index in [1.54, 1.807) is 13.2 Å². The van der Waals surface area contributed by atoms with Crippen LogP contribution in [-0.4, -0.2) is 13.7 Å². The van der Waals surface area contributed by atoms with Gasteiger partial charge in [-0.15, -0.1) is 0 Å². The van der Waals surface area contributed by atoms with Crippen LogP contribution in [0.2, 0.25) is 0 Å². The summed E-state index contributed by atoms with van der Waals surface area (Å²) in [6.45, 7) is 1.01. The number of ether oxygens (including phenoxy) is 2. The molecule has 0 saturated heterocycles. The maximum atomic E-state index is 8.97. The number of nitrogens with zero attached hydrogens (tertiary/aromatic N) is 1. The molecule has 0 bridgehead atoms. The van der Waals surface area contributed by atoms with Crippen molar-refractivity contribution in [2.45, 2.75) is 13.0 Å². The van der Waals surface area contributed by atoms with Gasteiger partial charge >= 0.3 is 0 Å². The van der Waals surface area contributed by atoms with Crippen molar-refractivity contribution in [1.29, 1.82) is 5.26 Å². The van der Waals surface area contributed by atoms with Crippen molar-refractivity contribution in [2.75, 3.05) is 13.7 Å². The first kappa shape index (κ1) is 14.9. The first-order valence-corrected chi connectivity index (χ1v) is 6.76. The lowest BCUT2D eigenvalue weighted by Crippen LogP contribution is -2.05. The lowest BCUT2D eigenvalue weighted by atomic mass is 10.1. The molecule has 0 aliphatic heterocycles. The lowest BCUT2D eigenvalue weighted by molar-refractivity contribution is 0.302. The van der Waals surface area contributed by atoms with Crippen molar-refractivity contribution in [1.82, 2.24) is 0 Å². The van der Waals surface area contributed by atoms with Crippen molar-refractivity contribution in [3.8, 4) is 17.6 Å². The predicted molar refractivity (Wildman–Crippen MR) is 81.2 cm³/mol. The van der Waals surface area contributed by atoms with Crippen LogP contribution in [0.25, 0.3) is 0 Å². The van der Waals surface area contributed by atoms with Crippen molar-refractivity contribution in [2.24, 2.45) is 5.73 Å². The molecule has 0 atom stereocenters. The number of rotatable bonds is 6. The summed E-state index contributed by atoms with van der Waals surface area (Å²) in [7, 11) is 1.55. The Morgan fingerprint density at radius 2 is 1.95 bits per heavy atom. The third kappa shape index (κ3) is 3.74. The molecule has 2 N–H and O–H groups in total. The van der Waals surface area contributed by atoms with Gasteiger partial charge in [-0.1, -0.05) is 24.3 Å². The summed E-state index contributed by atoms with van der Waals surface area (Å²) in [6.07, 6.45) is 0.785. The predicted octanol–water partition coefficient (Wildman–Crippen LogP) is 2.65. The van der Waals surface area contributed by atoms with Gasteiger partial charge in [0.15, 0.2) is 0 Å². The van der Waals surface area contributed by atoms with Gasteiger partial charge in [-0.2, -0.15) is 5.26 Å². The standard InChI is InChI=1S/C17H18N2O2/c1-20-17-10-13(6-7-15(17)11-19)12-21-16-5-3-2-4-14(16)8-9-18/h2-7,10H,8-9,12,18H2,1H3. The van der Waals surface area contributed by atoms with E-state index >= 15 is 0 Å². The molecule has 0 aromatic heterocycles. The molecule has 0 heterocycles. The normalized spacial score (nSPS) is 9.95. The molecular formula is C17H18N2O2. The first-order chi connectivity index (χ1) is 10.3. The van der Waals surface area contributed by atoms with Crippen LogP contribution in [0.15, 0.2) is 42.5 Å². The monoisotopic (exact) mass is 282 g/mol. The minimum absolute atomic E-state index is 0.420. The van der Waals surface area contributed by atoms with Crippen LogP contribution >= 0.6 is 0 Å². The molecule has 0 aliphatic rings. The topological polar surface area (TPSA) is 68.3 Å². The van der Waals surface area contributed by atoms with Crippen LogP contribution in [0, 0.1) is 11.3 Å². The number of para-hydroxylation sites is 1. The Morgan fingerprint density at radius 1 is 1.14 bits per heavy atom. The Bertz CT molecular complexity index is 647. The lowest BCUT2D eigenvalue weighted by Gasteiger charge is -2.12. The molecule has 108 valence electrons. The quantitative estimate of drug-likeness (QED) is 0.884. The van der Waals surface area contributed by atoms with Gasteiger partial charge in [-0.05, 0) is 42.3 Å². The smallest absolute Gasteiger partial charge is 0.137 e. The molecule has 4 nitrogen and oxygen atoms in total. The molecule has 0 aliphatic carbocycles. The molecule has 4 heteroatoms. The fourth-order valence-corrected chi connectivity index (χ4v) is 2.09. The van der Waals surface area contributed by atoms with E-state index < -0.39 is 0 Å². The van der Waals surface area contributed by atoms with Gasteiger partial charge in [0.05, 0.1) is 12.7 Å². The second-order valence-corrected chi connectivity index (χ2v) is 4.58. The Balaban J connectivity index is 2.12. The Kier molecular flexibility index (Phi) is 5.19. The van der Waals surface area contributed by atoms with Gasteiger partial charge in [0.1, 0.15) is 24.2 Å². The van der Waals surface area contributed by atoms with E-state index in [1.807, 2.05) is 36.4 Å². The maximum Gasteiger partial charge on any atom is 0.137 e. The summed E-state index contributed by atoms with van der Waals surface area (Å²) >= 11 is 0. The fourth-order valence-electron chi connectivity index (χ4n) is 2.09. The summed E-state index contributed by atoms with van der Waals surface area (Å²) in [6, 6.07) is 15.4. The maximum absolute atomic E-state index is 8.97. The highest BCUT2D eigenvalue weighted by Gasteiger charge is 2.06. The van der Waals surface area contributed by atoms with E-state index in [0.29, 0.717) is 24.5 Å². The first-order valence-electron chi connectivity index (χ1n) is 6.76. The Hall–Kier alpha value is -2.51. The molecule has 2 aromatic carbocycles. The number of nitriles is 1. The largest absolute Gasteiger partial charge is 0.495 e. The average Bonchev–Trinajstić information content (AvgIpc) is 2.54. The molecule has 0 unspecified atom stereocenters. The third-order valence-corrected chi connectivity index (χ3v) is 3.17. The van der Waals surface area contributed by atoms with Crippen molar-refractivity contribution < 1.29 is 9.47 Å². The van der Waals surface area contributed by atoms with Crippen LogP contribution in [0.3, 0.4) is 0 Å². The Morgan fingerprint density at radius 3 is 2.67 bits per heavy atom. The zero-order chi connectivity index (χ0) is 15.1. The van der Waals surface area contributed by atoms with Crippen molar-refractivity contribution in [3.63, 3.8) is 0 Å². The minimum atomic E-state index is 0.420. The highest BCUT2D eigenvalue weighted by Crippen LogP contribution is 2.22. The highest BCUT2D eigenvalue weighted by molar-refractivity contribution is 5.45. The van der Waals surface area contributed by atoms with E-state index in [9.17, 15) is 0 Å². The zero-order valence-electron chi connectivity index (χ0n) is 12.0. The van der Waals surface area contributed by atoms with Gasteiger partial charge in [-0.25, -0.2) is 0 Å².